The van der Waals surface area contributed by atoms with Crippen LogP contribution in [0.5, 0.6) is 0 Å². The molecule has 0 atom stereocenters. The summed E-state index contributed by atoms with van der Waals surface area (Å²) in [7, 11) is -1.76. The van der Waals surface area contributed by atoms with Crippen molar-refractivity contribution in [2.45, 2.75) is 51.1 Å². The van der Waals surface area contributed by atoms with E-state index >= 15 is 0 Å². The minimum Gasteiger partial charge on any atom is -0.312 e. The lowest BCUT2D eigenvalue weighted by atomic mass is 10.2. The van der Waals surface area contributed by atoms with Gasteiger partial charge >= 0.3 is 0 Å². The maximum Gasteiger partial charge on any atom is 0.245 e. The molecule has 1 N–H and O–H groups in total. The average molecular weight is 383 g/mol. The molecule has 0 saturated heterocycles. The Labute approximate surface area is 134 Å². The van der Waals surface area contributed by atoms with Crippen molar-refractivity contribution in [1.29, 1.82) is 0 Å². The number of thiophene rings is 1. The van der Waals surface area contributed by atoms with Gasteiger partial charge in [-0.25, -0.2) is 8.42 Å². The molecule has 1 aromatic rings. The molecule has 0 aromatic carbocycles. The summed E-state index contributed by atoms with van der Waals surface area (Å²) in [6.07, 6.45) is 1.64. The van der Waals surface area contributed by atoms with E-state index in [1.165, 1.54) is 15.6 Å². The van der Waals surface area contributed by atoms with Crippen molar-refractivity contribution in [3.63, 3.8) is 0 Å². The molecule has 0 saturated carbocycles. The van der Waals surface area contributed by atoms with Crippen molar-refractivity contribution in [2.24, 2.45) is 0 Å². The predicted octanol–water partition coefficient (Wildman–Crippen LogP) is 3.43. The minimum absolute atomic E-state index is 0.0454. The van der Waals surface area contributed by atoms with E-state index in [1.807, 2.05) is 20.8 Å². The highest BCUT2D eigenvalue weighted by molar-refractivity contribution is 9.11. The number of nitrogens with zero attached hydrogens (tertiary/aromatic N) is 1. The number of sulfonamides is 1. The topological polar surface area (TPSA) is 49.4 Å². The van der Waals surface area contributed by atoms with Gasteiger partial charge in [0.25, 0.3) is 0 Å². The largest absolute Gasteiger partial charge is 0.312 e. The number of rotatable bonds is 8. The Hall–Kier alpha value is 0.0500. The third kappa shape index (κ3) is 4.04. The minimum atomic E-state index is -3.43. The van der Waals surface area contributed by atoms with Crippen molar-refractivity contribution in [3.8, 4) is 0 Å². The van der Waals surface area contributed by atoms with Gasteiger partial charge in [-0.05, 0) is 41.4 Å². The van der Waals surface area contributed by atoms with Gasteiger partial charge in [0.1, 0.15) is 4.90 Å². The molecule has 0 aliphatic rings. The molecule has 1 rings (SSSR count). The lowest BCUT2D eigenvalue weighted by Crippen LogP contribution is -2.36. The van der Waals surface area contributed by atoms with Gasteiger partial charge in [0, 0.05) is 24.5 Å². The maximum atomic E-state index is 12.7. The fraction of sp³-hybridized carbons (Fsp3) is 0.692. The number of hydrogen-bond acceptors (Lipinski definition) is 4. The van der Waals surface area contributed by atoms with Crippen LogP contribution in [0.3, 0.4) is 0 Å². The molecule has 0 bridgehead atoms. The van der Waals surface area contributed by atoms with E-state index in [9.17, 15) is 8.42 Å². The van der Waals surface area contributed by atoms with Crippen molar-refractivity contribution in [2.75, 3.05) is 13.6 Å². The predicted molar refractivity (Wildman–Crippen MR) is 88.7 cm³/mol. The first-order valence-corrected chi connectivity index (χ1v) is 9.90. The third-order valence-electron chi connectivity index (χ3n) is 3.37. The van der Waals surface area contributed by atoms with E-state index in [-0.39, 0.29) is 6.04 Å². The van der Waals surface area contributed by atoms with E-state index in [2.05, 4.69) is 21.2 Å². The Balaban J connectivity index is 3.06. The first-order valence-electron chi connectivity index (χ1n) is 6.85. The molecule has 7 heteroatoms. The second-order valence-corrected chi connectivity index (χ2v) is 9.04. The average Bonchev–Trinajstić information content (AvgIpc) is 2.79. The molecule has 0 amide bonds. The van der Waals surface area contributed by atoms with Gasteiger partial charge in [0.2, 0.25) is 10.0 Å². The van der Waals surface area contributed by atoms with Crippen LogP contribution < -0.4 is 5.32 Å². The third-order valence-corrected chi connectivity index (χ3v) is 7.53. The van der Waals surface area contributed by atoms with Crippen LogP contribution in [0.2, 0.25) is 0 Å². The van der Waals surface area contributed by atoms with E-state index in [4.69, 9.17) is 0 Å². The summed E-state index contributed by atoms with van der Waals surface area (Å²) in [5.74, 6) is 0. The van der Waals surface area contributed by atoms with Crippen LogP contribution in [0, 0.1) is 0 Å². The molecule has 116 valence electrons. The summed E-state index contributed by atoms with van der Waals surface area (Å²) in [4.78, 5) is 1.40. The van der Waals surface area contributed by atoms with Crippen LogP contribution in [0.4, 0.5) is 0 Å². The van der Waals surface area contributed by atoms with Crippen molar-refractivity contribution in [3.05, 3.63) is 14.7 Å². The Bertz CT molecular complexity index is 524. The summed E-state index contributed by atoms with van der Waals surface area (Å²) in [5, 5.41) is 3.21. The van der Waals surface area contributed by atoms with Crippen LogP contribution in [-0.4, -0.2) is 32.4 Å². The quantitative estimate of drug-likeness (QED) is 0.748. The zero-order chi connectivity index (χ0) is 15.3. The highest BCUT2D eigenvalue weighted by Crippen LogP contribution is 2.34. The van der Waals surface area contributed by atoms with E-state index in [1.54, 1.807) is 13.1 Å². The van der Waals surface area contributed by atoms with E-state index < -0.39 is 10.0 Å². The molecule has 0 fully saturated rings. The highest BCUT2D eigenvalue weighted by atomic mass is 79.9. The molecule has 20 heavy (non-hydrogen) atoms. The van der Waals surface area contributed by atoms with Gasteiger partial charge in [-0.2, -0.15) is 4.31 Å². The van der Waals surface area contributed by atoms with Gasteiger partial charge in [-0.1, -0.05) is 20.8 Å². The molecular formula is C13H23BrN2O2S2. The lowest BCUT2D eigenvalue weighted by molar-refractivity contribution is 0.349. The summed E-state index contributed by atoms with van der Waals surface area (Å²) < 4.78 is 27.5. The molecule has 0 unspecified atom stereocenters. The summed E-state index contributed by atoms with van der Waals surface area (Å²) in [6.45, 7) is 7.62. The smallest absolute Gasteiger partial charge is 0.245 e. The molecule has 0 radical (unpaired) electrons. The van der Waals surface area contributed by atoms with Crippen LogP contribution in [-0.2, 0) is 16.6 Å². The Kier molecular flexibility index (Phi) is 7.14. The lowest BCUT2D eigenvalue weighted by Gasteiger charge is -2.25. The SMILES string of the molecule is CCNCc1cc(S(=O)(=O)N(C)C(CC)CC)c(Br)s1. The zero-order valence-electron chi connectivity index (χ0n) is 12.4. The summed E-state index contributed by atoms with van der Waals surface area (Å²) in [6, 6.07) is 1.81. The molecule has 0 aliphatic carbocycles. The van der Waals surface area contributed by atoms with Gasteiger partial charge in [-0.3, -0.25) is 0 Å². The van der Waals surface area contributed by atoms with Gasteiger partial charge < -0.3 is 5.32 Å². The van der Waals surface area contributed by atoms with Gasteiger partial charge in [0.05, 0.1) is 3.79 Å². The summed E-state index contributed by atoms with van der Waals surface area (Å²) >= 11 is 4.86. The number of nitrogens with one attached hydrogen (secondary N) is 1. The van der Waals surface area contributed by atoms with E-state index in [0.717, 1.165) is 24.3 Å². The molecule has 0 aliphatic heterocycles. The van der Waals surface area contributed by atoms with Crippen LogP contribution >= 0.6 is 27.3 Å². The molecule has 1 aromatic heterocycles. The zero-order valence-corrected chi connectivity index (χ0v) is 15.7. The fourth-order valence-electron chi connectivity index (χ4n) is 2.06. The van der Waals surface area contributed by atoms with Crippen LogP contribution in [0.15, 0.2) is 14.7 Å². The van der Waals surface area contributed by atoms with Gasteiger partial charge in [0.15, 0.2) is 0 Å². The first-order chi connectivity index (χ1) is 9.38. The first kappa shape index (κ1) is 18.1. The van der Waals surface area contributed by atoms with Crippen molar-refractivity contribution >= 4 is 37.3 Å². The van der Waals surface area contributed by atoms with Crippen LogP contribution in [0.25, 0.3) is 0 Å². The molecule has 0 spiro atoms. The van der Waals surface area contributed by atoms with Crippen molar-refractivity contribution < 1.29 is 8.42 Å². The Morgan fingerprint density at radius 1 is 1.35 bits per heavy atom. The summed E-state index contributed by atoms with van der Waals surface area (Å²) in [5.41, 5.74) is 0. The monoisotopic (exact) mass is 382 g/mol. The van der Waals surface area contributed by atoms with E-state index in [0.29, 0.717) is 15.2 Å². The van der Waals surface area contributed by atoms with Crippen molar-refractivity contribution in [1.82, 2.24) is 9.62 Å². The standard InChI is InChI=1S/C13H23BrN2O2S2/c1-5-10(6-2)16(4)20(17,18)12-8-11(9-15-7-3)19-13(12)14/h8,10,15H,5-7,9H2,1-4H3. The van der Waals surface area contributed by atoms with Gasteiger partial charge in [-0.15, -0.1) is 11.3 Å². The Morgan fingerprint density at radius 2 is 1.95 bits per heavy atom. The maximum absolute atomic E-state index is 12.7. The fourth-order valence-corrected chi connectivity index (χ4v) is 6.17. The molecule has 4 nitrogen and oxygen atoms in total. The second kappa shape index (κ2) is 7.89. The molecular weight excluding hydrogens is 360 g/mol. The number of hydrogen-bond donors (Lipinski definition) is 1. The highest BCUT2D eigenvalue weighted by Gasteiger charge is 2.29. The molecule has 1 heterocycles. The Morgan fingerprint density at radius 3 is 2.45 bits per heavy atom. The number of halogens is 1. The normalized spacial score (nSPS) is 12.6. The van der Waals surface area contributed by atoms with Crippen LogP contribution in [0.1, 0.15) is 38.5 Å². The second-order valence-electron chi connectivity index (χ2n) is 4.62.